The van der Waals surface area contributed by atoms with Crippen LogP contribution in [0.15, 0.2) is 42.0 Å². The van der Waals surface area contributed by atoms with E-state index in [1.165, 1.54) is 19.1 Å². The number of hydrazone groups is 1. The van der Waals surface area contributed by atoms with Crippen LogP contribution in [-0.2, 0) is 9.59 Å². The Morgan fingerprint density at radius 2 is 1.80 bits per heavy atom. The number of amides is 2. The van der Waals surface area contributed by atoms with Crippen LogP contribution < -0.4 is 15.5 Å². The molecule has 0 atom stereocenters. The molecule has 1 aromatic rings. The van der Waals surface area contributed by atoms with Gasteiger partial charge in [-0.2, -0.15) is 5.10 Å². The first-order chi connectivity index (χ1) is 12.2. The molecular formula is C19H25N3O3. The second kappa shape index (κ2) is 10.3. The lowest BCUT2D eigenvalue weighted by Crippen LogP contribution is -2.43. The minimum atomic E-state index is -0.744. The fourth-order valence-electron chi connectivity index (χ4n) is 2.70. The number of nitrogens with one attached hydrogen (secondary N) is 2. The van der Waals surface area contributed by atoms with Gasteiger partial charge in [-0.3, -0.25) is 9.59 Å². The fraction of sp³-hybridized carbons (Fsp3) is 0.421. The zero-order valence-electron chi connectivity index (χ0n) is 14.4. The van der Waals surface area contributed by atoms with Gasteiger partial charge in [0.25, 0.3) is 0 Å². The van der Waals surface area contributed by atoms with Crippen molar-refractivity contribution in [2.24, 2.45) is 5.10 Å². The SMILES string of the molecule is C=CCOc1ccc(/C=N/NC(=O)C(=O)NC2CCCCCC2)cc1. The summed E-state index contributed by atoms with van der Waals surface area (Å²) in [5, 5.41) is 6.61. The van der Waals surface area contributed by atoms with Crippen molar-refractivity contribution in [3.63, 3.8) is 0 Å². The minimum Gasteiger partial charge on any atom is -0.490 e. The Hall–Kier alpha value is -2.63. The Kier molecular flexibility index (Phi) is 7.69. The first-order valence-corrected chi connectivity index (χ1v) is 8.66. The van der Waals surface area contributed by atoms with Gasteiger partial charge in [-0.25, -0.2) is 5.43 Å². The van der Waals surface area contributed by atoms with Gasteiger partial charge in [0.2, 0.25) is 0 Å². The molecule has 0 spiro atoms. The molecule has 0 heterocycles. The number of hydrogen-bond acceptors (Lipinski definition) is 4. The van der Waals surface area contributed by atoms with Crippen molar-refractivity contribution in [1.82, 2.24) is 10.7 Å². The van der Waals surface area contributed by atoms with Gasteiger partial charge in [0.15, 0.2) is 0 Å². The molecule has 0 aliphatic heterocycles. The van der Waals surface area contributed by atoms with E-state index in [9.17, 15) is 9.59 Å². The van der Waals surface area contributed by atoms with Crippen LogP contribution in [0.1, 0.15) is 44.1 Å². The lowest BCUT2D eigenvalue weighted by Gasteiger charge is -2.14. The van der Waals surface area contributed by atoms with Crippen LogP contribution in [0.2, 0.25) is 0 Å². The number of rotatable bonds is 6. The molecule has 25 heavy (non-hydrogen) atoms. The first kappa shape index (κ1) is 18.7. The number of ether oxygens (including phenoxy) is 1. The monoisotopic (exact) mass is 343 g/mol. The van der Waals surface area contributed by atoms with Crippen molar-refractivity contribution < 1.29 is 14.3 Å². The first-order valence-electron chi connectivity index (χ1n) is 8.66. The molecule has 1 aliphatic carbocycles. The highest BCUT2D eigenvalue weighted by atomic mass is 16.5. The smallest absolute Gasteiger partial charge is 0.329 e. The van der Waals surface area contributed by atoms with Crippen LogP contribution >= 0.6 is 0 Å². The molecule has 1 aliphatic rings. The third kappa shape index (κ3) is 6.79. The Balaban J connectivity index is 1.76. The summed E-state index contributed by atoms with van der Waals surface area (Å²) in [6.07, 6.45) is 9.60. The van der Waals surface area contributed by atoms with Crippen molar-refractivity contribution >= 4 is 18.0 Å². The molecule has 134 valence electrons. The molecular weight excluding hydrogens is 318 g/mol. The van der Waals surface area contributed by atoms with Gasteiger partial charge in [-0.05, 0) is 42.7 Å². The predicted molar refractivity (Wildman–Crippen MR) is 97.5 cm³/mol. The van der Waals surface area contributed by atoms with E-state index in [0.29, 0.717) is 6.61 Å². The van der Waals surface area contributed by atoms with E-state index in [2.05, 4.69) is 22.4 Å². The molecule has 2 rings (SSSR count). The summed E-state index contributed by atoms with van der Waals surface area (Å²) < 4.78 is 5.38. The Labute approximate surface area is 148 Å². The zero-order valence-corrected chi connectivity index (χ0v) is 14.4. The number of carbonyl (C=O) groups excluding carboxylic acids is 2. The summed E-state index contributed by atoms with van der Waals surface area (Å²) in [6, 6.07) is 7.30. The fourth-order valence-corrected chi connectivity index (χ4v) is 2.70. The van der Waals surface area contributed by atoms with Gasteiger partial charge in [-0.1, -0.05) is 38.3 Å². The third-order valence-corrected chi connectivity index (χ3v) is 4.02. The van der Waals surface area contributed by atoms with Gasteiger partial charge in [0.05, 0.1) is 6.21 Å². The van der Waals surface area contributed by atoms with Gasteiger partial charge >= 0.3 is 11.8 Å². The van der Waals surface area contributed by atoms with Crippen LogP contribution in [0, 0.1) is 0 Å². The standard InChI is InChI=1S/C19H25N3O3/c1-2-13-25-17-11-9-15(10-12-17)14-20-22-19(24)18(23)21-16-7-5-3-4-6-8-16/h2,9-12,14,16H,1,3-8,13H2,(H,21,23)(H,22,24)/b20-14+. The van der Waals surface area contributed by atoms with Gasteiger partial charge in [0, 0.05) is 6.04 Å². The van der Waals surface area contributed by atoms with Crippen LogP contribution in [0.3, 0.4) is 0 Å². The topological polar surface area (TPSA) is 79.8 Å². The van der Waals surface area contributed by atoms with E-state index in [1.54, 1.807) is 30.3 Å². The normalized spacial score (nSPS) is 15.4. The molecule has 0 aromatic heterocycles. The van der Waals surface area contributed by atoms with Crippen molar-refractivity contribution in [2.75, 3.05) is 6.61 Å². The third-order valence-electron chi connectivity index (χ3n) is 4.02. The van der Waals surface area contributed by atoms with Crippen LogP contribution in [0.4, 0.5) is 0 Å². The molecule has 0 bridgehead atoms. The summed E-state index contributed by atoms with van der Waals surface area (Å²) in [5.41, 5.74) is 3.05. The number of carbonyl (C=O) groups is 2. The van der Waals surface area contributed by atoms with Crippen LogP contribution in [0.5, 0.6) is 5.75 Å². The number of hydrogen-bond donors (Lipinski definition) is 2. The molecule has 1 aromatic carbocycles. The molecule has 1 saturated carbocycles. The maximum atomic E-state index is 11.9. The molecule has 0 radical (unpaired) electrons. The average molecular weight is 343 g/mol. The molecule has 0 unspecified atom stereocenters. The van der Waals surface area contributed by atoms with E-state index < -0.39 is 11.8 Å². The maximum absolute atomic E-state index is 11.9. The molecule has 2 N–H and O–H groups in total. The molecule has 1 fully saturated rings. The molecule has 6 heteroatoms. The van der Waals surface area contributed by atoms with Crippen molar-refractivity contribution in [2.45, 2.75) is 44.6 Å². The Morgan fingerprint density at radius 3 is 2.44 bits per heavy atom. The minimum absolute atomic E-state index is 0.0906. The van der Waals surface area contributed by atoms with E-state index >= 15 is 0 Å². The van der Waals surface area contributed by atoms with Gasteiger partial charge in [0.1, 0.15) is 12.4 Å². The van der Waals surface area contributed by atoms with E-state index in [0.717, 1.165) is 37.0 Å². The van der Waals surface area contributed by atoms with Crippen LogP contribution in [0.25, 0.3) is 0 Å². The van der Waals surface area contributed by atoms with E-state index in [1.807, 2.05) is 0 Å². The quantitative estimate of drug-likeness (QED) is 0.274. The van der Waals surface area contributed by atoms with E-state index in [-0.39, 0.29) is 6.04 Å². The van der Waals surface area contributed by atoms with E-state index in [4.69, 9.17) is 4.74 Å². The lowest BCUT2D eigenvalue weighted by atomic mass is 10.1. The summed E-state index contributed by atoms with van der Waals surface area (Å²) in [5.74, 6) is -0.646. The Bertz CT molecular complexity index is 603. The summed E-state index contributed by atoms with van der Waals surface area (Å²) >= 11 is 0. The molecule has 2 amide bonds. The highest BCUT2D eigenvalue weighted by Gasteiger charge is 2.19. The van der Waals surface area contributed by atoms with Gasteiger partial charge in [-0.15, -0.1) is 0 Å². The summed E-state index contributed by atoms with van der Waals surface area (Å²) in [7, 11) is 0. The van der Waals surface area contributed by atoms with Crippen molar-refractivity contribution in [3.8, 4) is 5.75 Å². The zero-order chi connectivity index (χ0) is 17.9. The molecule has 6 nitrogen and oxygen atoms in total. The lowest BCUT2D eigenvalue weighted by molar-refractivity contribution is -0.139. The van der Waals surface area contributed by atoms with Gasteiger partial charge < -0.3 is 10.1 Å². The Morgan fingerprint density at radius 1 is 1.12 bits per heavy atom. The largest absolute Gasteiger partial charge is 0.490 e. The molecule has 0 saturated heterocycles. The highest BCUT2D eigenvalue weighted by Crippen LogP contribution is 2.17. The maximum Gasteiger partial charge on any atom is 0.329 e. The van der Waals surface area contributed by atoms with Crippen molar-refractivity contribution in [3.05, 3.63) is 42.5 Å². The predicted octanol–water partition coefficient (Wildman–Crippen LogP) is 2.54. The number of nitrogens with zero attached hydrogens (tertiary/aromatic N) is 1. The average Bonchev–Trinajstić information content (AvgIpc) is 2.89. The summed E-state index contributed by atoms with van der Waals surface area (Å²) in [6.45, 7) is 4.03. The summed E-state index contributed by atoms with van der Waals surface area (Å²) in [4.78, 5) is 23.7. The number of benzene rings is 1. The van der Waals surface area contributed by atoms with Crippen molar-refractivity contribution in [1.29, 1.82) is 0 Å². The highest BCUT2D eigenvalue weighted by molar-refractivity contribution is 6.35. The second-order valence-corrected chi connectivity index (χ2v) is 6.03. The second-order valence-electron chi connectivity index (χ2n) is 6.03. The van der Waals surface area contributed by atoms with Crippen LogP contribution in [-0.4, -0.2) is 30.7 Å².